The molecular formula is C18H12FN7O3. The van der Waals surface area contributed by atoms with Gasteiger partial charge in [-0.3, -0.25) is 9.59 Å². The molecule has 3 aromatic heterocycles. The molecule has 11 heteroatoms. The van der Waals surface area contributed by atoms with Gasteiger partial charge < -0.3 is 10.3 Å². The number of halogens is 1. The summed E-state index contributed by atoms with van der Waals surface area (Å²) in [6.45, 7) is 0. The molecule has 0 fully saturated rings. The molecule has 0 aliphatic carbocycles. The van der Waals surface area contributed by atoms with Gasteiger partial charge in [0, 0.05) is 24.7 Å². The lowest BCUT2D eigenvalue weighted by Crippen LogP contribution is -2.38. The van der Waals surface area contributed by atoms with E-state index in [0.717, 1.165) is 22.9 Å². The van der Waals surface area contributed by atoms with Gasteiger partial charge in [0.05, 0.1) is 5.69 Å². The van der Waals surface area contributed by atoms with Crippen LogP contribution in [-0.4, -0.2) is 35.2 Å². The minimum atomic E-state index is -0.862. The van der Waals surface area contributed by atoms with E-state index in [0.29, 0.717) is 5.82 Å². The summed E-state index contributed by atoms with van der Waals surface area (Å²) in [6.07, 6.45) is 5.47. The van der Waals surface area contributed by atoms with Crippen molar-refractivity contribution in [3.63, 3.8) is 0 Å². The monoisotopic (exact) mass is 393 g/mol. The highest BCUT2D eigenvalue weighted by Gasteiger charge is 2.17. The van der Waals surface area contributed by atoms with E-state index >= 15 is 0 Å². The summed E-state index contributed by atoms with van der Waals surface area (Å²) < 4.78 is 15.3. The predicted octanol–water partition coefficient (Wildman–Crippen LogP) is 0.893. The van der Waals surface area contributed by atoms with E-state index in [4.69, 9.17) is 0 Å². The molecule has 0 saturated carbocycles. The number of aromatic amines is 1. The molecule has 0 aliphatic rings. The second-order valence-corrected chi connectivity index (χ2v) is 5.79. The lowest BCUT2D eigenvalue weighted by Gasteiger charge is -2.08. The van der Waals surface area contributed by atoms with Crippen molar-refractivity contribution in [1.29, 1.82) is 0 Å². The molecule has 0 saturated heterocycles. The average molecular weight is 393 g/mol. The smallest absolute Gasteiger partial charge is 0.313 e. The van der Waals surface area contributed by atoms with Crippen molar-refractivity contribution in [2.45, 2.75) is 0 Å². The van der Waals surface area contributed by atoms with Crippen LogP contribution in [0.4, 0.5) is 10.2 Å². The molecule has 144 valence electrons. The fraction of sp³-hybridized carbons (Fsp3) is 0. The maximum atomic E-state index is 13.1. The Kier molecular flexibility index (Phi) is 4.53. The molecular weight excluding hydrogens is 381 g/mol. The molecule has 0 aliphatic heterocycles. The van der Waals surface area contributed by atoms with Gasteiger partial charge in [0.15, 0.2) is 5.82 Å². The van der Waals surface area contributed by atoms with E-state index < -0.39 is 23.0 Å². The summed E-state index contributed by atoms with van der Waals surface area (Å²) in [5.41, 5.74) is -1.83. The lowest BCUT2D eigenvalue weighted by atomic mass is 10.2. The third-order valence-corrected chi connectivity index (χ3v) is 3.94. The minimum Gasteiger partial charge on any atom is -0.313 e. The maximum Gasteiger partial charge on any atom is 0.333 e. The summed E-state index contributed by atoms with van der Waals surface area (Å²) in [5.74, 6) is -0.768. The number of aromatic nitrogens is 6. The van der Waals surface area contributed by atoms with Crippen molar-refractivity contribution in [2.24, 2.45) is 0 Å². The number of rotatable bonds is 4. The van der Waals surface area contributed by atoms with Crippen molar-refractivity contribution in [1.82, 2.24) is 29.3 Å². The van der Waals surface area contributed by atoms with Crippen LogP contribution in [-0.2, 0) is 0 Å². The summed E-state index contributed by atoms with van der Waals surface area (Å²) >= 11 is 0. The number of hydrogen-bond acceptors (Lipinski definition) is 6. The first-order valence-corrected chi connectivity index (χ1v) is 8.27. The van der Waals surface area contributed by atoms with Gasteiger partial charge in [0.1, 0.15) is 23.5 Å². The number of carbonyl (C=O) groups is 1. The Morgan fingerprint density at radius 1 is 1.14 bits per heavy atom. The number of amides is 1. The molecule has 2 N–H and O–H groups in total. The molecule has 10 nitrogen and oxygen atoms in total. The quantitative estimate of drug-likeness (QED) is 0.530. The van der Waals surface area contributed by atoms with Crippen LogP contribution in [0.25, 0.3) is 11.5 Å². The molecule has 29 heavy (non-hydrogen) atoms. The molecule has 3 heterocycles. The van der Waals surface area contributed by atoms with E-state index in [2.05, 4.69) is 25.4 Å². The predicted molar refractivity (Wildman–Crippen MR) is 99.7 cm³/mol. The zero-order valence-electron chi connectivity index (χ0n) is 14.6. The number of carbonyl (C=O) groups excluding carboxylic acids is 1. The fourth-order valence-corrected chi connectivity index (χ4v) is 2.59. The standard InChI is InChI=1S/C18H12FN7O3/c19-11-2-4-12(5-3-11)26-17(28)13(9-20-18(26)29)16(27)24-14-8-15(22-10-21-14)25-7-1-6-23-25/h1-10H,(H,20,29)(H,21,22,24,27). The first-order valence-electron chi connectivity index (χ1n) is 8.27. The van der Waals surface area contributed by atoms with E-state index in [1.54, 1.807) is 18.5 Å². The third kappa shape index (κ3) is 3.56. The van der Waals surface area contributed by atoms with Crippen LogP contribution in [0.1, 0.15) is 10.4 Å². The van der Waals surface area contributed by atoms with Crippen LogP contribution in [0.15, 0.2) is 70.9 Å². The number of nitrogens with one attached hydrogen (secondary N) is 2. The zero-order valence-corrected chi connectivity index (χ0v) is 14.6. The fourth-order valence-electron chi connectivity index (χ4n) is 2.59. The van der Waals surface area contributed by atoms with Crippen LogP contribution in [0.2, 0.25) is 0 Å². The van der Waals surface area contributed by atoms with Crippen LogP contribution < -0.4 is 16.6 Å². The molecule has 4 aromatic rings. The van der Waals surface area contributed by atoms with Gasteiger partial charge >= 0.3 is 5.69 Å². The SMILES string of the molecule is O=C(Nc1cc(-n2cccn2)ncn1)c1c[nH]c(=O)n(-c2ccc(F)cc2)c1=O. The number of hydrogen-bond donors (Lipinski definition) is 2. The van der Waals surface area contributed by atoms with Gasteiger partial charge in [-0.15, -0.1) is 0 Å². The second-order valence-electron chi connectivity index (χ2n) is 5.79. The number of anilines is 1. The Morgan fingerprint density at radius 2 is 1.93 bits per heavy atom. The zero-order chi connectivity index (χ0) is 20.4. The average Bonchev–Trinajstić information content (AvgIpc) is 3.24. The topological polar surface area (TPSA) is 128 Å². The van der Waals surface area contributed by atoms with Crippen molar-refractivity contribution in [2.75, 3.05) is 5.32 Å². The van der Waals surface area contributed by atoms with E-state index in [1.807, 2.05) is 0 Å². The summed E-state index contributed by atoms with van der Waals surface area (Å²) in [5, 5.41) is 6.52. The molecule has 1 aromatic carbocycles. The number of benzene rings is 1. The van der Waals surface area contributed by atoms with Crippen molar-refractivity contribution in [3.8, 4) is 11.5 Å². The molecule has 0 atom stereocenters. The highest BCUT2D eigenvalue weighted by atomic mass is 19.1. The van der Waals surface area contributed by atoms with Crippen LogP contribution in [0.5, 0.6) is 0 Å². The molecule has 0 radical (unpaired) electrons. The first-order chi connectivity index (χ1) is 14.0. The highest BCUT2D eigenvalue weighted by molar-refractivity contribution is 6.03. The van der Waals surface area contributed by atoms with Crippen LogP contribution >= 0.6 is 0 Å². The minimum absolute atomic E-state index is 0.121. The van der Waals surface area contributed by atoms with Gasteiger partial charge in [-0.25, -0.2) is 28.4 Å². The Balaban J connectivity index is 1.67. The Morgan fingerprint density at radius 3 is 2.66 bits per heavy atom. The Labute approximate surface area is 161 Å². The number of nitrogens with zero attached hydrogens (tertiary/aromatic N) is 5. The van der Waals surface area contributed by atoms with Crippen molar-refractivity contribution in [3.05, 3.63) is 93.5 Å². The first kappa shape index (κ1) is 18.0. The molecule has 0 unspecified atom stereocenters. The Hall–Kier alpha value is -4.41. The van der Waals surface area contributed by atoms with Gasteiger partial charge in [-0.1, -0.05) is 0 Å². The highest BCUT2D eigenvalue weighted by Crippen LogP contribution is 2.09. The van der Waals surface area contributed by atoms with Gasteiger partial charge in [-0.2, -0.15) is 5.10 Å². The lowest BCUT2D eigenvalue weighted by molar-refractivity contribution is 0.102. The summed E-state index contributed by atoms with van der Waals surface area (Å²) in [4.78, 5) is 47.7. The van der Waals surface area contributed by atoms with E-state index in [1.165, 1.54) is 29.2 Å². The molecule has 4 rings (SSSR count). The summed E-state index contributed by atoms with van der Waals surface area (Å²) in [7, 11) is 0. The van der Waals surface area contributed by atoms with Crippen LogP contribution in [0, 0.1) is 5.82 Å². The van der Waals surface area contributed by atoms with Crippen molar-refractivity contribution < 1.29 is 9.18 Å². The second kappa shape index (κ2) is 7.31. The van der Waals surface area contributed by atoms with E-state index in [9.17, 15) is 18.8 Å². The van der Waals surface area contributed by atoms with E-state index in [-0.39, 0.29) is 17.1 Å². The normalized spacial score (nSPS) is 10.7. The van der Waals surface area contributed by atoms with Crippen molar-refractivity contribution >= 4 is 11.7 Å². The summed E-state index contributed by atoms with van der Waals surface area (Å²) in [6, 6.07) is 7.90. The van der Waals surface area contributed by atoms with Gasteiger partial charge in [0.2, 0.25) is 0 Å². The van der Waals surface area contributed by atoms with Gasteiger partial charge in [0.25, 0.3) is 11.5 Å². The van der Waals surface area contributed by atoms with Gasteiger partial charge in [-0.05, 0) is 30.3 Å². The van der Waals surface area contributed by atoms with Crippen LogP contribution in [0.3, 0.4) is 0 Å². The number of H-pyrrole nitrogens is 1. The molecule has 0 bridgehead atoms. The largest absolute Gasteiger partial charge is 0.333 e. The Bertz CT molecular complexity index is 1290. The third-order valence-electron chi connectivity index (χ3n) is 3.94. The molecule has 0 spiro atoms. The molecule has 1 amide bonds. The maximum absolute atomic E-state index is 13.1.